The number of aromatic hydroxyl groups is 1. The molecular weight excluding hydrogens is 478 g/mol. The van der Waals surface area contributed by atoms with Crippen molar-refractivity contribution in [2.75, 3.05) is 14.2 Å². The van der Waals surface area contributed by atoms with Crippen LogP contribution in [0.15, 0.2) is 109 Å². The van der Waals surface area contributed by atoms with Crippen LogP contribution in [-0.4, -0.2) is 23.9 Å². The molecule has 0 spiro atoms. The number of aromatic nitrogens is 1. The Morgan fingerprint density at radius 1 is 0.833 bits per heavy atom. The Kier molecular flexibility index (Phi) is 6.26. The van der Waals surface area contributed by atoms with Crippen LogP contribution in [0.25, 0.3) is 27.9 Å². The molecule has 8 heteroatoms. The maximum atomic E-state index is 13.9. The molecule has 0 aliphatic rings. The Morgan fingerprint density at radius 2 is 1.53 bits per heavy atom. The van der Waals surface area contributed by atoms with Crippen LogP contribution in [0.3, 0.4) is 0 Å². The zero-order chi connectivity index (χ0) is 25.2. The first kappa shape index (κ1) is 23.3. The van der Waals surface area contributed by atoms with E-state index >= 15 is 0 Å². The molecule has 3 aromatic carbocycles. The molecule has 5 aromatic rings. The van der Waals surface area contributed by atoms with Crippen molar-refractivity contribution in [1.82, 2.24) is 4.57 Å². The van der Waals surface area contributed by atoms with Gasteiger partial charge in [-0.25, -0.2) is 4.79 Å². The van der Waals surface area contributed by atoms with E-state index in [4.69, 9.17) is 13.9 Å². The normalized spacial score (nSPS) is 10.9. The molecule has 0 saturated carbocycles. The summed E-state index contributed by atoms with van der Waals surface area (Å²) in [6.45, 7) is 0. The summed E-state index contributed by atoms with van der Waals surface area (Å²) in [7, 11) is 3.08. The topological polar surface area (TPSA) is 90.9 Å². The lowest BCUT2D eigenvalue weighted by Gasteiger charge is -2.16. The van der Waals surface area contributed by atoms with Crippen LogP contribution >= 0.6 is 11.8 Å². The average molecular weight is 500 g/mol. The van der Waals surface area contributed by atoms with E-state index in [1.54, 1.807) is 61.7 Å². The van der Waals surface area contributed by atoms with E-state index in [2.05, 4.69) is 0 Å². The summed E-state index contributed by atoms with van der Waals surface area (Å²) >= 11 is 0.998. The van der Waals surface area contributed by atoms with Crippen molar-refractivity contribution in [3.63, 3.8) is 0 Å². The molecule has 36 heavy (non-hydrogen) atoms. The Hall–Kier alpha value is -4.43. The highest BCUT2D eigenvalue weighted by Crippen LogP contribution is 2.37. The molecule has 2 aromatic heterocycles. The minimum Gasteiger partial charge on any atom is -0.505 e. The summed E-state index contributed by atoms with van der Waals surface area (Å²) in [5, 5.41) is 11.1. The molecule has 0 aliphatic heterocycles. The Balaban J connectivity index is 1.79. The third-order valence-electron chi connectivity index (χ3n) is 5.65. The van der Waals surface area contributed by atoms with Gasteiger partial charge in [0.05, 0.1) is 25.6 Å². The molecule has 0 atom stereocenters. The first-order valence-corrected chi connectivity index (χ1v) is 11.8. The van der Waals surface area contributed by atoms with Gasteiger partial charge in [0.2, 0.25) is 0 Å². The first-order valence-electron chi connectivity index (χ1n) is 11.0. The van der Waals surface area contributed by atoms with Gasteiger partial charge >= 0.3 is 5.63 Å². The molecule has 7 nitrogen and oxygen atoms in total. The number of methoxy groups -OCH3 is 2. The highest BCUT2D eigenvalue weighted by molar-refractivity contribution is 7.99. The van der Waals surface area contributed by atoms with Gasteiger partial charge in [0.25, 0.3) is 5.56 Å². The van der Waals surface area contributed by atoms with Crippen LogP contribution in [0, 0.1) is 0 Å². The van der Waals surface area contributed by atoms with Crippen molar-refractivity contribution < 1.29 is 19.0 Å². The largest absolute Gasteiger partial charge is 0.505 e. The van der Waals surface area contributed by atoms with E-state index in [0.717, 1.165) is 17.3 Å². The van der Waals surface area contributed by atoms with Crippen molar-refractivity contribution in [2.24, 2.45) is 0 Å². The van der Waals surface area contributed by atoms with Crippen molar-refractivity contribution in [3.05, 3.63) is 106 Å². The van der Waals surface area contributed by atoms with Gasteiger partial charge in [0.1, 0.15) is 27.4 Å². The molecule has 0 saturated heterocycles. The van der Waals surface area contributed by atoms with E-state index in [-0.39, 0.29) is 15.9 Å². The standard InChI is InChI=1S/C28H21NO6S/c1-33-19-11-6-10-18(14-19)29-22(17-8-4-3-5-9-17)16-23-24(27(29)31)25(30)26(28(32)35-23)36-21-13-7-12-20(15-21)34-2/h3-16,30H,1-2H3. The predicted molar refractivity (Wildman–Crippen MR) is 139 cm³/mol. The molecule has 5 rings (SSSR count). The minimum atomic E-state index is -0.745. The second kappa shape index (κ2) is 9.67. The van der Waals surface area contributed by atoms with Crippen LogP contribution < -0.4 is 20.7 Å². The number of pyridine rings is 1. The molecule has 0 fully saturated rings. The van der Waals surface area contributed by atoms with E-state index in [1.165, 1.54) is 11.7 Å². The minimum absolute atomic E-state index is 0.00417. The third kappa shape index (κ3) is 4.23. The van der Waals surface area contributed by atoms with E-state index in [0.29, 0.717) is 27.8 Å². The van der Waals surface area contributed by atoms with Crippen LogP contribution in [-0.2, 0) is 0 Å². The van der Waals surface area contributed by atoms with Crippen molar-refractivity contribution in [3.8, 4) is 34.2 Å². The summed E-state index contributed by atoms with van der Waals surface area (Å²) in [5.74, 6) is 0.726. The smallest absolute Gasteiger partial charge is 0.354 e. The lowest BCUT2D eigenvalue weighted by molar-refractivity contribution is 0.413. The lowest BCUT2D eigenvalue weighted by atomic mass is 10.1. The highest BCUT2D eigenvalue weighted by Gasteiger charge is 2.22. The van der Waals surface area contributed by atoms with Gasteiger partial charge < -0.3 is 19.0 Å². The van der Waals surface area contributed by atoms with Gasteiger partial charge in [-0.2, -0.15) is 0 Å². The molecule has 0 radical (unpaired) electrons. The molecule has 0 aliphatic carbocycles. The summed E-state index contributed by atoms with van der Waals surface area (Å²) < 4.78 is 17.6. The Bertz CT molecular complexity index is 1690. The van der Waals surface area contributed by atoms with Crippen LogP contribution in [0.1, 0.15) is 0 Å². The number of nitrogens with zero attached hydrogens (tertiary/aromatic N) is 1. The maximum Gasteiger partial charge on any atom is 0.354 e. The second-order valence-corrected chi connectivity index (χ2v) is 8.91. The lowest BCUT2D eigenvalue weighted by Crippen LogP contribution is -2.21. The summed E-state index contributed by atoms with van der Waals surface area (Å²) in [6, 6.07) is 24.9. The second-order valence-electron chi connectivity index (χ2n) is 7.83. The number of rotatable bonds is 6. The van der Waals surface area contributed by atoms with E-state index < -0.39 is 16.9 Å². The third-order valence-corrected chi connectivity index (χ3v) is 6.71. The number of fused-ring (bicyclic) bond motifs is 1. The number of hydrogen-bond acceptors (Lipinski definition) is 7. The molecule has 1 N–H and O–H groups in total. The fourth-order valence-electron chi connectivity index (χ4n) is 3.94. The zero-order valence-corrected chi connectivity index (χ0v) is 20.2. The van der Waals surface area contributed by atoms with Crippen LogP contribution in [0.4, 0.5) is 0 Å². The van der Waals surface area contributed by atoms with Crippen molar-refractivity contribution in [2.45, 2.75) is 9.79 Å². The number of hydrogen-bond donors (Lipinski definition) is 1. The Morgan fingerprint density at radius 3 is 2.25 bits per heavy atom. The van der Waals surface area contributed by atoms with Gasteiger partial charge in [-0.05, 0) is 35.9 Å². The SMILES string of the molecule is COc1cccc(Sc2c(O)c3c(=O)n(-c4cccc(OC)c4)c(-c4ccccc4)cc3oc2=O)c1. The highest BCUT2D eigenvalue weighted by atomic mass is 32.2. The molecule has 2 heterocycles. The summed E-state index contributed by atoms with van der Waals surface area (Å²) in [6.07, 6.45) is 0. The number of benzene rings is 3. The fourth-order valence-corrected chi connectivity index (χ4v) is 4.82. The van der Waals surface area contributed by atoms with Gasteiger partial charge in [-0.1, -0.05) is 54.2 Å². The van der Waals surface area contributed by atoms with E-state index in [9.17, 15) is 14.7 Å². The quantitative estimate of drug-likeness (QED) is 0.331. The number of ether oxygens (including phenoxy) is 2. The predicted octanol–water partition coefficient (Wildman–Crippen LogP) is 5.48. The van der Waals surface area contributed by atoms with Gasteiger partial charge in [-0.15, -0.1) is 0 Å². The summed E-state index contributed by atoms with van der Waals surface area (Å²) in [4.78, 5) is 27.4. The van der Waals surface area contributed by atoms with Crippen molar-refractivity contribution >= 4 is 22.7 Å². The molecule has 180 valence electrons. The zero-order valence-electron chi connectivity index (χ0n) is 19.4. The van der Waals surface area contributed by atoms with Gasteiger partial charge in [-0.3, -0.25) is 9.36 Å². The molecule has 0 unspecified atom stereocenters. The van der Waals surface area contributed by atoms with Gasteiger partial charge in [0, 0.05) is 17.0 Å². The fraction of sp³-hybridized carbons (Fsp3) is 0.0714. The average Bonchev–Trinajstić information content (AvgIpc) is 2.91. The molecular formula is C28H21NO6S. The monoisotopic (exact) mass is 499 g/mol. The Labute approximate surface area is 210 Å². The van der Waals surface area contributed by atoms with Gasteiger partial charge in [0.15, 0.2) is 5.75 Å². The maximum absolute atomic E-state index is 13.9. The van der Waals surface area contributed by atoms with Crippen LogP contribution in [0.5, 0.6) is 17.2 Å². The molecule has 0 bridgehead atoms. The van der Waals surface area contributed by atoms with Crippen LogP contribution in [0.2, 0.25) is 0 Å². The summed E-state index contributed by atoms with van der Waals surface area (Å²) in [5.41, 5.74) is 0.482. The first-order chi connectivity index (χ1) is 17.5. The van der Waals surface area contributed by atoms with E-state index in [1.807, 2.05) is 30.3 Å². The molecule has 0 amide bonds. The van der Waals surface area contributed by atoms with Crippen molar-refractivity contribution in [1.29, 1.82) is 0 Å².